The molecule has 6 nitrogen and oxygen atoms in total. The van der Waals surface area contributed by atoms with Crippen molar-refractivity contribution in [3.8, 4) is 11.5 Å². The number of morpholine rings is 1. The fraction of sp³-hybridized carbons (Fsp3) is 0.435. The van der Waals surface area contributed by atoms with Crippen LogP contribution in [0.2, 0.25) is 0 Å². The third-order valence-electron chi connectivity index (χ3n) is 5.28. The molecule has 1 N–H and O–H groups in total. The fourth-order valence-electron chi connectivity index (χ4n) is 3.70. The first-order valence-electron chi connectivity index (χ1n) is 10.00. The lowest BCUT2D eigenvalue weighted by atomic mass is 10.0. The Morgan fingerprint density at radius 3 is 2.70 bits per heavy atom. The van der Waals surface area contributed by atoms with Crippen molar-refractivity contribution in [2.75, 3.05) is 47.5 Å². The summed E-state index contributed by atoms with van der Waals surface area (Å²) in [4.78, 5) is 6.76. The summed E-state index contributed by atoms with van der Waals surface area (Å²) in [6.45, 7) is 5.18. The molecule has 1 saturated heterocycles. The van der Waals surface area contributed by atoms with E-state index in [0.29, 0.717) is 6.61 Å². The van der Waals surface area contributed by atoms with Crippen molar-refractivity contribution < 1.29 is 14.2 Å². The van der Waals surface area contributed by atoms with Crippen LogP contribution in [0.4, 0.5) is 0 Å². The molecule has 1 aliphatic heterocycles. The third-order valence-corrected chi connectivity index (χ3v) is 5.28. The molecule has 0 bridgehead atoms. The first-order chi connectivity index (χ1) is 14.2. The SMILES string of the molecule is CN=C(NCCc1cc(OC)ccc1OC)N1CCOC(c2ccccc2C)C1.I. The van der Waals surface area contributed by atoms with Crippen LogP contribution in [0.1, 0.15) is 22.8 Å². The maximum absolute atomic E-state index is 6.04. The maximum atomic E-state index is 6.04. The zero-order valence-corrected chi connectivity index (χ0v) is 20.5. The van der Waals surface area contributed by atoms with Crippen LogP contribution in [0.5, 0.6) is 11.5 Å². The molecule has 1 atom stereocenters. The van der Waals surface area contributed by atoms with Crippen LogP contribution < -0.4 is 14.8 Å². The smallest absolute Gasteiger partial charge is 0.193 e. The number of nitrogens with zero attached hydrogens (tertiary/aromatic N) is 2. The minimum atomic E-state index is 0. The van der Waals surface area contributed by atoms with E-state index < -0.39 is 0 Å². The molecule has 0 radical (unpaired) electrons. The van der Waals surface area contributed by atoms with E-state index in [4.69, 9.17) is 14.2 Å². The van der Waals surface area contributed by atoms with Gasteiger partial charge in [0.25, 0.3) is 0 Å². The number of benzene rings is 2. The van der Waals surface area contributed by atoms with Gasteiger partial charge in [-0.2, -0.15) is 0 Å². The van der Waals surface area contributed by atoms with Crippen LogP contribution in [-0.2, 0) is 11.2 Å². The largest absolute Gasteiger partial charge is 0.497 e. The first-order valence-corrected chi connectivity index (χ1v) is 10.00. The lowest BCUT2D eigenvalue weighted by Crippen LogP contribution is -2.48. The summed E-state index contributed by atoms with van der Waals surface area (Å²) in [5.41, 5.74) is 3.61. The number of aliphatic imine (C=N–C) groups is 1. The minimum absolute atomic E-state index is 0. The van der Waals surface area contributed by atoms with Crippen molar-refractivity contribution in [1.29, 1.82) is 0 Å². The molecule has 1 unspecified atom stereocenters. The predicted octanol–water partition coefficient (Wildman–Crippen LogP) is 3.82. The molecular weight excluding hydrogens is 493 g/mol. The molecule has 0 spiro atoms. The van der Waals surface area contributed by atoms with Crippen LogP contribution >= 0.6 is 24.0 Å². The van der Waals surface area contributed by atoms with Gasteiger partial charge >= 0.3 is 0 Å². The molecule has 0 saturated carbocycles. The van der Waals surface area contributed by atoms with E-state index >= 15 is 0 Å². The highest BCUT2D eigenvalue weighted by Crippen LogP contribution is 2.26. The molecule has 2 aromatic rings. The first kappa shape index (κ1) is 24.3. The summed E-state index contributed by atoms with van der Waals surface area (Å²) >= 11 is 0. The molecule has 0 aliphatic carbocycles. The van der Waals surface area contributed by atoms with E-state index in [1.54, 1.807) is 14.2 Å². The molecule has 7 heteroatoms. The number of methoxy groups -OCH3 is 2. The number of aryl methyl sites for hydroxylation is 1. The van der Waals surface area contributed by atoms with E-state index in [1.807, 2.05) is 25.2 Å². The summed E-state index contributed by atoms with van der Waals surface area (Å²) < 4.78 is 16.9. The Balaban J connectivity index is 0.00000320. The number of rotatable bonds is 6. The number of hydrogen-bond acceptors (Lipinski definition) is 4. The van der Waals surface area contributed by atoms with E-state index in [1.165, 1.54) is 11.1 Å². The van der Waals surface area contributed by atoms with Crippen molar-refractivity contribution in [3.63, 3.8) is 0 Å². The van der Waals surface area contributed by atoms with Gasteiger partial charge in [-0.05, 0) is 48.2 Å². The number of nitrogens with one attached hydrogen (secondary N) is 1. The Morgan fingerprint density at radius 2 is 2.00 bits per heavy atom. The highest BCUT2D eigenvalue weighted by atomic mass is 127. The van der Waals surface area contributed by atoms with Crippen LogP contribution in [0.25, 0.3) is 0 Å². The van der Waals surface area contributed by atoms with E-state index in [-0.39, 0.29) is 30.1 Å². The Morgan fingerprint density at radius 1 is 1.20 bits per heavy atom. The molecule has 1 fully saturated rings. The molecule has 0 amide bonds. The molecule has 3 rings (SSSR count). The minimum Gasteiger partial charge on any atom is -0.497 e. The third kappa shape index (κ3) is 6.01. The van der Waals surface area contributed by atoms with Gasteiger partial charge in [-0.15, -0.1) is 24.0 Å². The van der Waals surface area contributed by atoms with Gasteiger partial charge in [0.2, 0.25) is 0 Å². The molecule has 0 aromatic heterocycles. The van der Waals surface area contributed by atoms with Gasteiger partial charge in [-0.3, -0.25) is 4.99 Å². The van der Waals surface area contributed by atoms with Gasteiger partial charge in [0, 0.05) is 20.1 Å². The molecule has 1 heterocycles. The van der Waals surface area contributed by atoms with Crippen LogP contribution in [0, 0.1) is 6.92 Å². The van der Waals surface area contributed by atoms with Crippen molar-refractivity contribution in [3.05, 3.63) is 59.2 Å². The molecule has 30 heavy (non-hydrogen) atoms. The van der Waals surface area contributed by atoms with Gasteiger partial charge in [0.15, 0.2) is 5.96 Å². The Kier molecular flexibility index (Phi) is 9.71. The standard InChI is InChI=1S/C23H31N3O3.HI/c1-17-7-5-6-8-20(17)22-16-26(13-14-29-22)23(24-2)25-12-11-18-15-19(27-3)9-10-21(18)28-4;/h5-10,15,22H,11-14,16H2,1-4H3,(H,24,25);1H. The average Bonchev–Trinajstić information content (AvgIpc) is 2.77. The summed E-state index contributed by atoms with van der Waals surface area (Å²) in [6.07, 6.45) is 0.868. The van der Waals surface area contributed by atoms with E-state index in [0.717, 1.165) is 49.1 Å². The predicted molar refractivity (Wildman–Crippen MR) is 131 cm³/mol. The van der Waals surface area contributed by atoms with Crippen LogP contribution in [-0.4, -0.2) is 58.4 Å². The van der Waals surface area contributed by atoms with E-state index in [9.17, 15) is 0 Å². The van der Waals surface area contributed by atoms with Gasteiger partial charge in [0.05, 0.1) is 27.4 Å². The highest BCUT2D eigenvalue weighted by Gasteiger charge is 2.25. The molecule has 1 aliphatic rings. The van der Waals surface area contributed by atoms with Crippen molar-refractivity contribution in [2.24, 2.45) is 4.99 Å². The van der Waals surface area contributed by atoms with Crippen molar-refractivity contribution in [2.45, 2.75) is 19.4 Å². The van der Waals surface area contributed by atoms with E-state index in [2.05, 4.69) is 46.4 Å². The second-order valence-corrected chi connectivity index (χ2v) is 7.06. The quantitative estimate of drug-likeness (QED) is 0.353. The van der Waals surface area contributed by atoms with Crippen LogP contribution in [0.3, 0.4) is 0 Å². The lowest BCUT2D eigenvalue weighted by molar-refractivity contribution is -0.00829. The molecule has 164 valence electrons. The lowest BCUT2D eigenvalue weighted by Gasteiger charge is -2.35. The summed E-state index contributed by atoms with van der Waals surface area (Å²) in [7, 11) is 5.19. The number of halogens is 1. The second kappa shape index (κ2) is 12.0. The van der Waals surface area contributed by atoms with Crippen molar-refractivity contribution >= 4 is 29.9 Å². The van der Waals surface area contributed by atoms with Crippen molar-refractivity contribution in [1.82, 2.24) is 10.2 Å². The average molecular weight is 525 g/mol. The maximum Gasteiger partial charge on any atom is 0.193 e. The van der Waals surface area contributed by atoms with Crippen LogP contribution in [0.15, 0.2) is 47.5 Å². The number of guanidine groups is 1. The molecule has 2 aromatic carbocycles. The van der Waals surface area contributed by atoms with Gasteiger partial charge in [-0.1, -0.05) is 24.3 Å². The Labute approximate surface area is 196 Å². The summed E-state index contributed by atoms with van der Waals surface area (Å²) in [5, 5.41) is 3.49. The fourth-order valence-corrected chi connectivity index (χ4v) is 3.70. The normalized spacial score (nSPS) is 16.6. The number of hydrogen-bond donors (Lipinski definition) is 1. The molecular formula is C23H32IN3O3. The second-order valence-electron chi connectivity index (χ2n) is 7.06. The van der Waals surface area contributed by atoms with Gasteiger partial charge < -0.3 is 24.4 Å². The zero-order chi connectivity index (χ0) is 20.6. The van der Waals surface area contributed by atoms with Gasteiger partial charge in [0.1, 0.15) is 17.6 Å². The van der Waals surface area contributed by atoms with Gasteiger partial charge in [-0.25, -0.2) is 0 Å². The topological polar surface area (TPSA) is 55.3 Å². The summed E-state index contributed by atoms with van der Waals surface area (Å²) in [6, 6.07) is 14.3. The Hall–Kier alpha value is -2.00. The highest BCUT2D eigenvalue weighted by molar-refractivity contribution is 14.0. The monoisotopic (exact) mass is 525 g/mol. The Bertz CT molecular complexity index is 844. The summed E-state index contributed by atoms with van der Waals surface area (Å²) in [5.74, 6) is 2.60. The zero-order valence-electron chi connectivity index (χ0n) is 18.2. The number of ether oxygens (including phenoxy) is 3.